The number of ether oxygens (including phenoxy) is 3. The van der Waals surface area contributed by atoms with E-state index in [1.54, 1.807) is 12.1 Å². The van der Waals surface area contributed by atoms with Crippen molar-refractivity contribution in [2.75, 3.05) is 21.3 Å². The van der Waals surface area contributed by atoms with Crippen molar-refractivity contribution >= 4 is 5.97 Å². The van der Waals surface area contributed by atoms with Gasteiger partial charge in [-0.1, -0.05) is 0 Å². The first-order chi connectivity index (χ1) is 8.53. The summed E-state index contributed by atoms with van der Waals surface area (Å²) in [5, 5.41) is 10.6. The number of aliphatic carboxylic acids is 1. The number of carbonyl (C=O) groups is 1. The van der Waals surface area contributed by atoms with Gasteiger partial charge in [-0.2, -0.15) is 0 Å². The van der Waals surface area contributed by atoms with Gasteiger partial charge in [-0.25, -0.2) is 0 Å². The predicted octanol–water partition coefficient (Wildman–Crippen LogP) is -0.865. The molecule has 100 valence electrons. The van der Waals surface area contributed by atoms with Crippen molar-refractivity contribution in [1.29, 1.82) is 0 Å². The highest BCUT2D eigenvalue weighted by atomic mass is 16.5. The number of methoxy groups -OCH3 is 3. The van der Waals surface area contributed by atoms with E-state index in [0.717, 1.165) is 0 Å². The highest BCUT2D eigenvalue weighted by molar-refractivity contribution is 5.65. The van der Waals surface area contributed by atoms with E-state index < -0.39 is 12.0 Å². The molecule has 0 aromatic heterocycles. The second-order valence-electron chi connectivity index (χ2n) is 3.73. The van der Waals surface area contributed by atoms with E-state index in [1.807, 2.05) is 0 Å². The van der Waals surface area contributed by atoms with Gasteiger partial charge in [-0.3, -0.25) is 0 Å². The van der Waals surface area contributed by atoms with Crippen molar-refractivity contribution in [3.63, 3.8) is 0 Å². The smallest absolute Gasteiger partial charge is 0.203 e. The Morgan fingerprint density at radius 1 is 1.22 bits per heavy atom. The Balaban J connectivity index is 3.18. The van der Waals surface area contributed by atoms with Gasteiger partial charge < -0.3 is 29.8 Å². The monoisotopic (exact) mass is 255 g/mol. The number of hydrogen-bond acceptors (Lipinski definition) is 5. The second kappa shape index (κ2) is 6.11. The Morgan fingerprint density at radius 2 is 1.72 bits per heavy atom. The summed E-state index contributed by atoms with van der Waals surface area (Å²) in [6.07, 6.45) is -0.168. The first kappa shape index (κ1) is 14.1. The molecule has 0 saturated heterocycles. The van der Waals surface area contributed by atoms with Gasteiger partial charge in [0.2, 0.25) is 5.75 Å². The Hall–Kier alpha value is -1.95. The van der Waals surface area contributed by atoms with Gasteiger partial charge in [0.05, 0.1) is 21.3 Å². The molecule has 0 spiro atoms. The van der Waals surface area contributed by atoms with E-state index in [0.29, 0.717) is 22.8 Å². The highest BCUT2D eigenvalue weighted by Gasteiger charge is 2.18. The SMILES string of the molecule is COc1cc([C@H]([NH3+])CC(=O)[O-])cc(OC)c1OC. The summed E-state index contributed by atoms with van der Waals surface area (Å²) in [4.78, 5) is 10.6. The number of quaternary nitrogens is 1. The van der Waals surface area contributed by atoms with Crippen LogP contribution in [0.2, 0.25) is 0 Å². The van der Waals surface area contributed by atoms with Crippen LogP contribution in [0, 0.1) is 0 Å². The van der Waals surface area contributed by atoms with Crippen molar-refractivity contribution in [1.82, 2.24) is 0 Å². The Morgan fingerprint density at radius 3 is 2.06 bits per heavy atom. The van der Waals surface area contributed by atoms with Crippen molar-refractivity contribution < 1.29 is 29.8 Å². The molecule has 6 heteroatoms. The molecule has 0 radical (unpaired) electrons. The van der Waals surface area contributed by atoms with E-state index >= 15 is 0 Å². The van der Waals surface area contributed by atoms with Crippen LogP contribution in [-0.2, 0) is 4.79 Å². The lowest BCUT2D eigenvalue weighted by atomic mass is 10.0. The molecule has 3 N–H and O–H groups in total. The summed E-state index contributed by atoms with van der Waals surface area (Å²) < 4.78 is 15.5. The fourth-order valence-corrected chi connectivity index (χ4v) is 1.66. The molecule has 0 saturated carbocycles. The molecule has 0 aliphatic heterocycles. The van der Waals surface area contributed by atoms with Crippen LogP contribution in [0.25, 0.3) is 0 Å². The lowest BCUT2D eigenvalue weighted by molar-refractivity contribution is -0.430. The molecule has 0 fully saturated rings. The quantitative estimate of drug-likeness (QED) is 0.713. The number of carboxylic acid groups (broad SMARTS) is 1. The van der Waals surface area contributed by atoms with Crippen LogP contribution in [0.4, 0.5) is 0 Å². The Bertz CT molecular complexity index is 407. The lowest BCUT2D eigenvalue weighted by Crippen LogP contribution is -2.55. The summed E-state index contributed by atoms with van der Waals surface area (Å²) in [7, 11) is 4.50. The largest absolute Gasteiger partial charge is 0.550 e. The third-order valence-electron chi connectivity index (χ3n) is 2.57. The van der Waals surface area contributed by atoms with Gasteiger partial charge >= 0.3 is 0 Å². The van der Waals surface area contributed by atoms with Crippen molar-refractivity contribution in [3.8, 4) is 17.2 Å². The normalized spacial score (nSPS) is 11.8. The zero-order chi connectivity index (χ0) is 13.7. The maximum atomic E-state index is 10.6. The fourth-order valence-electron chi connectivity index (χ4n) is 1.66. The summed E-state index contributed by atoms with van der Waals surface area (Å²) in [5.74, 6) is 0.255. The van der Waals surface area contributed by atoms with Crippen LogP contribution in [0.15, 0.2) is 12.1 Å². The van der Waals surface area contributed by atoms with E-state index in [2.05, 4.69) is 5.73 Å². The number of benzene rings is 1. The maximum Gasteiger partial charge on any atom is 0.203 e. The third-order valence-corrected chi connectivity index (χ3v) is 2.57. The molecule has 1 aromatic rings. The average Bonchev–Trinajstić information content (AvgIpc) is 2.35. The minimum atomic E-state index is -1.15. The molecule has 1 rings (SSSR count). The van der Waals surface area contributed by atoms with Crippen LogP contribution in [0.5, 0.6) is 17.2 Å². The summed E-state index contributed by atoms with van der Waals surface area (Å²) in [5.41, 5.74) is 4.47. The maximum absolute atomic E-state index is 10.6. The molecule has 0 bridgehead atoms. The molecule has 6 nitrogen and oxygen atoms in total. The minimum Gasteiger partial charge on any atom is -0.550 e. The molecule has 1 aromatic carbocycles. The number of rotatable bonds is 6. The second-order valence-corrected chi connectivity index (χ2v) is 3.73. The zero-order valence-electron chi connectivity index (χ0n) is 10.7. The van der Waals surface area contributed by atoms with Gasteiger partial charge in [0.15, 0.2) is 11.5 Å². The molecule has 0 heterocycles. The minimum absolute atomic E-state index is 0.168. The van der Waals surface area contributed by atoms with E-state index in [-0.39, 0.29) is 6.42 Å². The van der Waals surface area contributed by atoms with Crippen LogP contribution in [0.3, 0.4) is 0 Å². The standard InChI is InChI=1S/C12H17NO5/c1-16-9-4-7(8(13)6-11(14)15)5-10(17-2)12(9)18-3/h4-5,8H,6,13H2,1-3H3,(H,14,15)/t8-/m1/s1. The third kappa shape index (κ3) is 3.04. The number of hydrogen-bond donors (Lipinski definition) is 1. The van der Waals surface area contributed by atoms with Crippen molar-refractivity contribution in [3.05, 3.63) is 17.7 Å². The molecule has 0 amide bonds. The molecular weight excluding hydrogens is 238 g/mol. The van der Waals surface area contributed by atoms with Gasteiger partial charge in [0.1, 0.15) is 6.04 Å². The van der Waals surface area contributed by atoms with E-state index in [4.69, 9.17) is 14.2 Å². The predicted molar refractivity (Wildman–Crippen MR) is 61.4 cm³/mol. The molecule has 0 aliphatic rings. The first-order valence-corrected chi connectivity index (χ1v) is 5.36. The average molecular weight is 255 g/mol. The Labute approximate surface area is 105 Å². The van der Waals surface area contributed by atoms with Crippen LogP contribution in [-0.4, -0.2) is 27.3 Å². The zero-order valence-corrected chi connectivity index (χ0v) is 10.7. The summed E-state index contributed by atoms with van der Waals surface area (Å²) in [6, 6.07) is 2.92. The first-order valence-electron chi connectivity index (χ1n) is 5.36. The molecule has 18 heavy (non-hydrogen) atoms. The summed E-state index contributed by atoms with van der Waals surface area (Å²) in [6.45, 7) is 0. The molecule has 1 atom stereocenters. The van der Waals surface area contributed by atoms with Crippen molar-refractivity contribution in [2.45, 2.75) is 12.5 Å². The van der Waals surface area contributed by atoms with Crippen LogP contribution < -0.4 is 25.1 Å². The number of carboxylic acids is 1. The van der Waals surface area contributed by atoms with Gasteiger partial charge in [-0.15, -0.1) is 0 Å². The van der Waals surface area contributed by atoms with Crippen molar-refractivity contribution in [2.24, 2.45) is 0 Å². The van der Waals surface area contributed by atoms with E-state index in [1.165, 1.54) is 21.3 Å². The topological polar surface area (TPSA) is 95.5 Å². The highest BCUT2D eigenvalue weighted by Crippen LogP contribution is 2.39. The summed E-state index contributed by atoms with van der Waals surface area (Å²) >= 11 is 0. The van der Waals surface area contributed by atoms with Gasteiger partial charge in [-0.05, 0) is 12.1 Å². The fraction of sp³-hybridized carbons (Fsp3) is 0.417. The van der Waals surface area contributed by atoms with Gasteiger partial charge in [0.25, 0.3) is 0 Å². The van der Waals surface area contributed by atoms with Gasteiger partial charge in [0, 0.05) is 18.0 Å². The Kier molecular flexibility index (Phi) is 4.79. The molecular formula is C12H17NO5. The molecule has 0 unspecified atom stereocenters. The van der Waals surface area contributed by atoms with Crippen LogP contribution >= 0.6 is 0 Å². The van der Waals surface area contributed by atoms with E-state index in [9.17, 15) is 9.90 Å². The molecule has 0 aliphatic carbocycles. The lowest BCUT2D eigenvalue weighted by Gasteiger charge is -2.16. The number of carbonyl (C=O) groups excluding carboxylic acids is 1. The van der Waals surface area contributed by atoms with Crippen LogP contribution in [0.1, 0.15) is 18.0 Å².